The molecule has 0 fully saturated rings. The van der Waals surface area contributed by atoms with Gasteiger partial charge in [-0.2, -0.15) is 0 Å². The van der Waals surface area contributed by atoms with Crippen molar-refractivity contribution >= 4 is 51.1 Å². The van der Waals surface area contributed by atoms with E-state index in [1.807, 2.05) is 0 Å². The Morgan fingerprint density at radius 1 is 1.13 bits per heavy atom. The largest absolute Gasteiger partial charge is 0.491 e. The highest BCUT2D eigenvalue weighted by atomic mass is 35.5. The smallest absolute Gasteiger partial charge is 0.338 e. The number of rotatable bonds is 8. The van der Waals surface area contributed by atoms with Crippen LogP contribution in [0.4, 0.5) is 5.95 Å². The Morgan fingerprint density at radius 3 is 2.29 bits per heavy atom. The number of anilines is 1. The second kappa shape index (κ2) is 9.67. The summed E-state index contributed by atoms with van der Waals surface area (Å²) in [6.07, 6.45) is 1.85. The number of carbonyl (C=O) groups is 2. The second-order valence-corrected chi connectivity index (χ2v) is 9.57. The van der Waals surface area contributed by atoms with E-state index in [-0.39, 0.29) is 45.2 Å². The predicted octanol–water partition coefficient (Wildman–Crippen LogP) is 3.39. The number of aromatic carboxylic acids is 1. The number of halogens is 2. The lowest BCUT2D eigenvalue weighted by Gasteiger charge is -2.19. The molecule has 13 heteroatoms. The molecule has 0 saturated carbocycles. The minimum atomic E-state index is -4.24. The van der Waals surface area contributed by atoms with Gasteiger partial charge in [-0.15, -0.1) is 0 Å². The lowest BCUT2D eigenvalue weighted by molar-refractivity contribution is -0.155. The van der Waals surface area contributed by atoms with Crippen LogP contribution in [0.3, 0.4) is 0 Å². The molecular formula is C18H19Cl2N3O7S. The van der Waals surface area contributed by atoms with Crippen molar-refractivity contribution in [1.29, 1.82) is 0 Å². The van der Waals surface area contributed by atoms with Gasteiger partial charge in [-0.25, -0.2) is 27.9 Å². The zero-order chi connectivity index (χ0) is 23.4. The van der Waals surface area contributed by atoms with Gasteiger partial charge in [0.05, 0.1) is 28.6 Å². The number of ether oxygens (including phenoxy) is 2. The Labute approximate surface area is 188 Å². The number of benzene rings is 1. The number of nitrogens with one attached hydrogen (secondary N) is 1. The molecule has 0 aliphatic carbocycles. The fourth-order valence-electron chi connectivity index (χ4n) is 2.13. The van der Waals surface area contributed by atoms with Crippen molar-refractivity contribution in [2.24, 2.45) is 0 Å². The van der Waals surface area contributed by atoms with E-state index in [0.717, 1.165) is 18.5 Å². The monoisotopic (exact) mass is 491 g/mol. The SMILES string of the molecule is CC(C)(C)OC(=O)CCOc1cc(Cl)c(S(=O)(=O)Nc2ncc(C(=O)O)cn2)cc1Cl. The van der Waals surface area contributed by atoms with Crippen molar-refractivity contribution in [3.8, 4) is 5.75 Å². The van der Waals surface area contributed by atoms with Gasteiger partial charge in [0.1, 0.15) is 16.2 Å². The maximum Gasteiger partial charge on any atom is 0.338 e. The van der Waals surface area contributed by atoms with Crippen LogP contribution in [0.5, 0.6) is 5.75 Å². The van der Waals surface area contributed by atoms with E-state index in [1.54, 1.807) is 20.8 Å². The molecule has 2 rings (SSSR count). The summed E-state index contributed by atoms with van der Waals surface area (Å²) < 4.78 is 37.8. The standard InChI is InChI=1S/C18H19Cl2N3O7S/c1-18(2,3)30-15(24)4-5-29-13-6-12(20)14(7-11(13)19)31(27,28)23-17-21-8-10(9-22-17)16(25)26/h6-9H,4-5H2,1-3H3,(H,25,26)(H,21,22,23). The number of aromatic nitrogens is 2. The Hall–Kier alpha value is -2.63. The van der Waals surface area contributed by atoms with Crippen LogP contribution in [0.1, 0.15) is 37.6 Å². The Balaban J connectivity index is 2.11. The Bertz CT molecular complexity index is 1080. The van der Waals surface area contributed by atoms with E-state index < -0.39 is 27.6 Å². The molecule has 1 aromatic heterocycles. The molecule has 2 N–H and O–H groups in total. The first kappa shape index (κ1) is 24.6. The van der Waals surface area contributed by atoms with Crippen LogP contribution in [-0.2, 0) is 19.6 Å². The highest BCUT2D eigenvalue weighted by molar-refractivity contribution is 7.92. The van der Waals surface area contributed by atoms with Crippen LogP contribution in [0.2, 0.25) is 10.0 Å². The summed E-state index contributed by atoms with van der Waals surface area (Å²) in [6, 6.07) is 2.27. The van der Waals surface area contributed by atoms with Crippen LogP contribution in [0, 0.1) is 0 Å². The molecule has 1 aromatic carbocycles. The van der Waals surface area contributed by atoms with Crippen molar-refractivity contribution in [2.45, 2.75) is 37.7 Å². The van der Waals surface area contributed by atoms with Gasteiger partial charge in [-0.1, -0.05) is 23.2 Å². The molecule has 0 bridgehead atoms. The summed E-state index contributed by atoms with van der Waals surface area (Å²) in [6.45, 7) is 5.16. The molecule has 0 aliphatic heterocycles. The maximum absolute atomic E-state index is 12.6. The van der Waals surface area contributed by atoms with E-state index in [9.17, 15) is 18.0 Å². The summed E-state index contributed by atoms with van der Waals surface area (Å²) in [5.74, 6) is -2.00. The minimum absolute atomic E-state index is 0.0451. The summed E-state index contributed by atoms with van der Waals surface area (Å²) in [7, 11) is -4.24. The average Bonchev–Trinajstić information content (AvgIpc) is 2.62. The molecule has 0 saturated heterocycles. The summed E-state index contributed by atoms with van der Waals surface area (Å²) in [5, 5.41) is 8.57. The predicted molar refractivity (Wildman–Crippen MR) is 112 cm³/mol. The molecular weight excluding hydrogens is 473 g/mol. The first-order chi connectivity index (χ1) is 14.3. The fourth-order valence-corrected chi connectivity index (χ4v) is 3.92. The molecule has 168 valence electrons. The highest BCUT2D eigenvalue weighted by Gasteiger charge is 2.23. The number of nitrogens with zero attached hydrogens (tertiary/aromatic N) is 2. The molecule has 0 amide bonds. The van der Waals surface area contributed by atoms with Crippen molar-refractivity contribution in [3.63, 3.8) is 0 Å². The number of hydrogen-bond donors (Lipinski definition) is 2. The van der Waals surface area contributed by atoms with Gasteiger partial charge < -0.3 is 14.6 Å². The molecule has 0 spiro atoms. The molecule has 0 atom stereocenters. The molecule has 1 heterocycles. The lowest BCUT2D eigenvalue weighted by atomic mass is 10.2. The fraction of sp³-hybridized carbons (Fsp3) is 0.333. The molecule has 0 unspecified atom stereocenters. The van der Waals surface area contributed by atoms with Gasteiger partial charge in [-0.05, 0) is 26.8 Å². The number of carbonyl (C=O) groups excluding carboxylic acids is 1. The number of carboxylic acids is 1. The molecule has 10 nitrogen and oxygen atoms in total. The summed E-state index contributed by atoms with van der Waals surface area (Å²) in [5.41, 5.74) is -0.837. The van der Waals surface area contributed by atoms with Crippen LogP contribution >= 0.6 is 23.2 Å². The Kier molecular flexibility index (Phi) is 7.68. The summed E-state index contributed by atoms with van der Waals surface area (Å²) >= 11 is 12.2. The first-order valence-electron chi connectivity index (χ1n) is 8.70. The van der Waals surface area contributed by atoms with Gasteiger partial charge in [0.15, 0.2) is 0 Å². The van der Waals surface area contributed by atoms with Crippen LogP contribution in [0.25, 0.3) is 0 Å². The van der Waals surface area contributed by atoms with E-state index in [0.29, 0.717) is 0 Å². The average molecular weight is 492 g/mol. The van der Waals surface area contributed by atoms with E-state index in [1.165, 1.54) is 6.07 Å². The quantitative estimate of drug-likeness (QED) is 0.530. The van der Waals surface area contributed by atoms with E-state index in [2.05, 4.69) is 14.7 Å². The number of carboxylic acid groups (broad SMARTS) is 1. The maximum atomic E-state index is 12.6. The zero-order valence-corrected chi connectivity index (χ0v) is 19.0. The van der Waals surface area contributed by atoms with E-state index in [4.69, 9.17) is 37.8 Å². The zero-order valence-electron chi connectivity index (χ0n) is 16.7. The lowest BCUT2D eigenvalue weighted by Crippen LogP contribution is -2.24. The normalized spacial score (nSPS) is 11.6. The molecule has 31 heavy (non-hydrogen) atoms. The number of hydrogen-bond acceptors (Lipinski definition) is 8. The number of esters is 1. The van der Waals surface area contributed by atoms with Gasteiger partial charge in [-0.3, -0.25) is 4.79 Å². The van der Waals surface area contributed by atoms with Crippen LogP contribution in [0.15, 0.2) is 29.4 Å². The van der Waals surface area contributed by atoms with Gasteiger partial charge >= 0.3 is 11.9 Å². The van der Waals surface area contributed by atoms with Gasteiger partial charge in [0, 0.05) is 18.5 Å². The Morgan fingerprint density at radius 2 is 1.74 bits per heavy atom. The third-order valence-corrected chi connectivity index (χ3v) is 5.47. The van der Waals surface area contributed by atoms with Crippen molar-refractivity contribution in [3.05, 3.63) is 40.1 Å². The summed E-state index contributed by atoms with van der Waals surface area (Å²) in [4.78, 5) is 29.4. The highest BCUT2D eigenvalue weighted by Crippen LogP contribution is 2.34. The first-order valence-corrected chi connectivity index (χ1v) is 10.9. The molecule has 2 aromatic rings. The minimum Gasteiger partial charge on any atom is -0.491 e. The topological polar surface area (TPSA) is 145 Å². The van der Waals surface area contributed by atoms with Crippen molar-refractivity contribution in [2.75, 3.05) is 11.3 Å². The van der Waals surface area contributed by atoms with Crippen molar-refractivity contribution in [1.82, 2.24) is 9.97 Å². The third kappa shape index (κ3) is 7.23. The second-order valence-electron chi connectivity index (χ2n) is 7.10. The molecule has 0 radical (unpaired) electrons. The van der Waals surface area contributed by atoms with Crippen LogP contribution in [-0.4, -0.2) is 47.6 Å². The van der Waals surface area contributed by atoms with E-state index >= 15 is 0 Å². The molecule has 0 aliphatic rings. The van der Waals surface area contributed by atoms with Gasteiger partial charge in [0.25, 0.3) is 10.0 Å². The third-order valence-electron chi connectivity index (χ3n) is 3.38. The van der Waals surface area contributed by atoms with Crippen LogP contribution < -0.4 is 9.46 Å². The van der Waals surface area contributed by atoms with Crippen molar-refractivity contribution < 1.29 is 32.6 Å². The number of sulfonamides is 1. The van der Waals surface area contributed by atoms with Gasteiger partial charge in [0.2, 0.25) is 5.95 Å².